The summed E-state index contributed by atoms with van der Waals surface area (Å²) in [4.78, 5) is 49.1. The number of nitrogens with zero attached hydrogens (tertiary/aromatic N) is 1. The molecule has 1 heterocycles. The number of carboxylic acid groups (broad SMARTS) is 1. The van der Waals surface area contributed by atoms with Crippen molar-refractivity contribution in [3.05, 3.63) is 38.9 Å². The number of ether oxygens (including phenoxy) is 1. The Hall–Kier alpha value is -2.98. The Morgan fingerprint density at radius 1 is 1.07 bits per heavy atom. The monoisotopic (exact) mass is 420 g/mol. The van der Waals surface area contributed by atoms with E-state index in [0.29, 0.717) is 18.8 Å². The number of nitrogens with one attached hydrogen (secondary N) is 2. The average molecular weight is 420 g/mol. The minimum Gasteiger partial charge on any atom is -0.480 e. The number of benzene rings is 1. The van der Waals surface area contributed by atoms with Crippen molar-refractivity contribution in [2.75, 3.05) is 31.2 Å². The smallest absolute Gasteiger partial charge is 0.329 e. The van der Waals surface area contributed by atoms with E-state index in [2.05, 4.69) is 10.2 Å². The molecular weight excluding hydrogens is 392 g/mol. The number of rotatable bonds is 13. The molecule has 0 bridgehead atoms. The van der Waals surface area contributed by atoms with Gasteiger partial charge in [-0.15, -0.1) is 0 Å². The number of unbranched alkanes of at least 4 members (excludes halogenated alkanes) is 3. The lowest BCUT2D eigenvalue weighted by atomic mass is 10.1. The van der Waals surface area contributed by atoms with E-state index in [1.54, 1.807) is 25.1 Å². The first kappa shape index (κ1) is 23.3. The first-order chi connectivity index (χ1) is 14.3. The van der Waals surface area contributed by atoms with Gasteiger partial charge in [0.1, 0.15) is 13.2 Å². The largest absolute Gasteiger partial charge is 0.480 e. The maximum atomic E-state index is 12.6. The fourth-order valence-corrected chi connectivity index (χ4v) is 3.20. The predicted octanol–water partition coefficient (Wildman–Crippen LogP) is 0.601. The molecule has 0 saturated carbocycles. The number of nitrogens with two attached hydrogens (primary N) is 1. The lowest BCUT2D eigenvalue weighted by molar-refractivity contribution is -0.143. The first-order valence-electron chi connectivity index (χ1n) is 9.88. The summed E-state index contributed by atoms with van der Waals surface area (Å²) in [5, 5.41) is 13.7. The number of Topliss-reactive ketones (excluding diaryl/α,β-unsaturated/α-hetero) is 1. The molecule has 5 N–H and O–H groups in total. The fraction of sp³-hybridized carbons (Fsp3) is 0.500. The van der Waals surface area contributed by atoms with E-state index >= 15 is 0 Å². The lowest BCUT2D eigenvalue weighted by Gasteiger charge is -2.30. The number of aliphatic carboxylic acids is 1. The highest BCUT2D eigenvalue weighted by Crippen LogP contribution is 2.22. The Balaban J connectivity index is 2.26. The van der Waals surface area contributed by atoms with Gasteiger partial charge in [0.2, 0.25) is 0 Å². The number of aromatic amines is 2. The van der Waals surface area contributed by atoms with Crippen molar-refractivity contribution in [3.8, 4) is 0 Å². The van der Waals surface area contributed by atoms with Crippen LogP contribution in [-0.4, -0.2) is 59.4 Å². The van der Waals surface area contributed by atoms with Gasteiger partial charge in [-0.25, -0.2) is 4.79 Å². The fourth-order valence-electron chi connectivity index (χ4n) is 3.20. The molecule has 10 nitrogen and oxygen atoms in total. The molecule has 2 rings (SSSR count). The number of hydrogen-bond acceptors (Lipinski definition) is 7. The van der Waals surface area contributed by atoms with Crippen LogP contribution in [0.3, 0.4) is 0 Å². The highest BCUT2D eigenvalue weighted by Gasteiger charge is 2.22. The van der Waals surface area contributed by atoms with Gasteiger partial charge in [0, 0.05) is 12.2 Å². The molecule has 2 aromatic rings. The first-order valence-corrected chi connectivity index (χ1v) is 9.88. The Bertz CT molecular complexity index is 983. The number of H-pyrrole nitrogens is 2. The predicted molar refractivity (Wildman–Crippen MR) is 113 cm³/mol. The quantitative estimate of drug-likeness (QED) is 0.343. The minimum absolute atomic E-state index is 0.228. The number of hydrogen-bond donors (Lipinski definition) is 4. The minimum atomic E-state index is -1.15. The summed E-state index contributed by atoms with van der Waals surface area (Å²) in [5.41, 5.74) is 5.31. The molecule has 0 radical (unpaired) electrons. The molecule has 164 valence electrons. The van der Waals surface area contributed by atoms with E-state index in [-0.39, 0.29) is 23.2 Å². The normalized spacial score (nSPS) is 12.1. The summed E-state index contributed by atoms with van der Waals surface area (Å²) < 4.78 is 4.94. The molecule has 0 amide bonds. The van der Waals surface area contributed by atoms with Crippen LogP contribution >= 0.6 is 0 Å². The molecule has 0 aliphatic heterocycles. The zero-order chi connectivity index (χ0) is 22.1. The van der Waals surface area contributed by atoms with Gasteiger partial charge in [-0.3, -0.25) is 24.6 Å². The molecule has 1 unspecified atom stereocenters. The van der Waals surface area contributed by atoms with E-state index < -0.39 is 29.7 Å². The molecule has 0 spiro atoms. The van der Waals surface area contributed by atoms with E-state index in [9.17, 15) is 19.2 Å². The van der Waals surface area contributed by atoms with Gasteiger partial charge in [-0.05, 0) is 44.5 Å². The van der Waals surface area contributed by atoms with Crippen LogP contribution in [-0.2, 0) is 14.3 Å². The summed E-state index contributed by atoms with van der Waals surface area (Å²) in [7, 11) is 0. The number of carboxylic acids is 1. The maximum Gasteiger partial charge on any atom is 0.329 e. The number of carbonyl (C=O) groups is 2. The second-order valence-electron chi connectivity index (χ2n) is 7.06. The molecular formula is C20H28N4O6. The summed E-state index contributed by atoms with van der Waals surface area (Å²) in [6, 6.07) is 4.23. The second kappa shape index (κ2) is 11.3. The van der Waals surface area contributed by atoms with Gasteiger partial charge in [-0.2, -0.15) is 0 Å². The third-order valence-corrected chi connectivity index (χ3v) is 4.87. The van der Waals surface area contributed by atoms with Crippen molar-refractivity contribution in [1.82, 2.24) is 10.2 Å². The van der Waals surface area contributed by atoms with Gasteiger partial charge in [-0.1, -0.05) is 12.8 Å². The lowest BCUT2D eigenvalue weighted by Crippen LogP contribution is -2.42. The highest BCUT2D eigenvalue weighted by molar-refractivity contribution is 5.90. The van der Waals surface area contributed by atoms with Gasteiger partial charge in [0.25, 0.3) is 11.1 Å². The van der Waals surface area contributed by atoms with E-state index in [0.717, 1.165) is 25.7 Å². The van der Waals surface area contributed by atoms with Crippen LogP contribution in [0.2, 0.25) is 0 Å². The summed E-state index contributed by atoms with van der Waals surface area (Å²) >= 11 is 0. The summed E-state index contributed by atoms with van der Waals surface area (Å²) in [6.45, 7) is 2.00. The third kappa shape index (κ3) is 6.26. The zero-order valence-electron chi connectivity index (χ0n) is 17.0. The molecule has 0 aliphatic rings. The van der Waals surface area contributed by atoms with Crippen molar-refractivity contribution in [3.63, 3.8) is 0 Å². The zero-order valence-corrected chi connectivity index (χ0v) is 17.0. The average Bonchev–Trinajstić information content (AvgIpc) is 2.72. The van der Waals surface area contributed by atoms with Crippen molar-refractivity contribution in [1.29, 1.82) is 0 Å². The Morgan fingerprint density at radius 3 is 2.40 bits per heavy atom. The Labute approximate surface area is 173 Å². The molecule has 0 fully saturated rings. The molecule has 0 saturated heterocycles. The molecule has 30 heavy (non-hydrogen) atoms. The van der Waals surface area contributed by atoms with Crippen molar-refractivity contribution < 1.29 is 19.4 Å². The maximum absolute atomic E-state index is 12.6. The van der Waals surface area contributed by atoms with Gasteiger partial charge >= 0.3 is 5.97 Å². The molecule has 10 heteroatoms. The van der Waals surface area contributed by atoms with E-state index in [4.69, 9.17) is 15.6 Å². The highest BCUT2D eigenvalue weighted by atomic mass is 16.5. The summed E-state index contributed by atoms with van der Waals surface area (Å²) in [5.74, 6) is -1.43. The standard InChI is InChI=1S/C20H28N4O6/c1-13(17(25)11-30-12-18(26)27)24(9-5-3-2-4-8-21)14-6-7-15-16(10-14)20(29)23-22-19(15)28/h6-7,10,13H,2-5,8-9,11-12,21H2,1H3,(H,22,28)(H,23,29)(H,26,27). The van der Waals surface area contributed by atoms with Crippen LogP contribution < -0.4 is 21.8 Å². The number of ketones is 1. The van der Waals surface area contributed by atoms with Gasteiger partial charge < -0.3 is 20.5 Å². The SMILES string of the molecule is CC(C(=O)COCC(=O)O)N(CCCCCCN)c1ccc2c(=O)[nH][nH]c(=O)c2c1. The van der Waals surface area contributed by atoms with Crippen molar-refractivity contribution in [2.45, 2.75) is 38.6 Å². The molecule has 1 aromatic carbocycles. The van der Waals surface area contributed by atoms with Crippen LogP contribution in [0, 0.1) is 0 Å². The number of aromatic nitrogens is 2. The number of anilines is 1. The molecule has 1 aromatic heterocycles. The molecule has 1 atom stereocenters. The second-order valence-corrected chi connectivity index (χ2v) is 7.06. The number of carbonyl (C=O) groups excluding carboxylic acids is 1. The van der Waals surface area contributed by atoms with Crippen LogP contribution in [0.25, 0.3) is 10.8 Å². The van der Waals surface area contributed by atoms with E-state index in [1.165, 1.54) is 0 Å². The van der Waals surface area contributed by atoms with Crippen LogP contribution in [0.15, 0.2) is 27.8 Å². The van der Waals surface area contributed by atoms with Crippen molar-refractivity contribution in [2.24, 2.45) is 5.73 Å². The topological polar surface area (TPSA) is 159 Å². The van der Waals surface area contributed by atoms with Crippen LogP contribution in [0.4, 0.5) is 5.69 Å². The molecule has 0 aliphatic carbocycles. The Kier molecular flexibility index (Phi) is 8.75. The third-order valence-electron chi connectivity index (χ3n) is 4.87. The van der Waals surface area contributed by atoms with Crippen LogP contribution in [0.1, 0.15) is 32.6 Å². The Morgan fingerprint density at radius 2 is 1.73 bits per heavy atom. The van der Waals surface area contributed by atoms with Crippen LogP contribution in [0.5, 0.6) is 0 Å². The summed E-state index contributed by atoms with van der Waals surface area (Å²) in [6.07, 6.45) is 3.63. The van der Waals surface area contributed by atoms with E-state index in [1.807, 2.05) is 4.90 Å². The van der Waals surface area contributed by atoms with Gasteiger partial charge in [0.05, 0.1) is 16.8 Å². The van der Waals surface area contributed by atoms with Crippen molar-refractivity contribution >= 4 is 28.2 Å². The van der Waals surface area contributed by atoms with Gasteiger partial charge in [0.15, 0.2) is 5.78 Å². The number of fused-ring (bicyclic) bond motifs is 1.